The maximum atomic E-state index is 8.22. The lowest BCUT2D eigenvalue weighted by Gasteiger charge is -2.20. The van der Waals surface area contributed by atoms with Gasteiger partial charge in [-0.05, 0) is 24.8 Å². The number of rotatable bonds is 1. The fraction of sp³-hybridized carbons (Fsp3) is 0.667. The Balaban J connectivity index is 2.14. The van der Waals surface area contributed by atoms with Crippen LogP contribution in [-0.4, -0.2) is 5.11 Å². The Labute approximate surface area is 43.7 Å². The molecule has 0 atom stereocenters. The summed E-state index contributed by atoms with van der Waals surface area (Å²) >= 11 is 0. The molecule has 0 aliphatic heterocycles. The minimum absolute atomic E-state index is 0.699. The molecule has 0 spiro atoms. The minimum Gasteiger partial charge on any atom is -0.516 e. The molecule has 0 saturated heterocycles. The summed E-state index contributed by atoms with van der Waals surface area (Å²) in [5.41, 5.74) is 0. The topological polar surface area (TPSA) is 20.2 Å². The summed E-state index contributed by atoms with van der Waals surface area (Å²) < 4.78 is 0. The molecule has 1 N–H and O–H groups in total. The van der Waals surface area contributed by atoms with Crippen molar-refractivity contribution in [2.45, 2.75) is 19.3 Å². The zero-order valence-electron chi connectivity index (χ0n) is 4.30. The molecular weight excluding hydrogens is 88.1 g/mol. The molecule has 1 nitrogen and oxygen atoms in total. The minimum atomic E-state index is 0.699. The van der Waals surface area contributed by atoms with Gasteiger partial charge in [0.1, 0.15) is 0 Å². The molecule has 0 bridgehead atoms. The van der Waals surface area contributed by atoms with Crippen LogP contribution in [0.2, 0.25) is 0 Å². The van der Waals surface area contributed by atoms with E-state index in [4.69, 9.17) is 5.11 Å². The molecule has 1 rings (SSSR count). The standard InChI is InChI=1S/C6H10O/c7-5-4-6-2-1-3-6/h4-7H,1-3H2. The molecule has 1 aliphatic rings. The zero-order chi connectivity index (χ0) is 5.11. The van der Waals surface area contributed by atoms with E-state index >= 15 is 0 Å². The SMILES string of the molecule is OC=CC1CCC1. The summed E-state index contributed by atoms with van der Waals surface area (Å²) in [4.78, 5) is 0. The second-order valence-corrected chi connectivity index (χ2v) is 2.03. The van der Waals surface area contributed by atoms with Crippen LogP contribution in [0.5, 0.6) is 0 Å². The van der Waals surface area contributed by atoms with Crippen molar-refractivity contribution in [1.82, 2.24) is 0 Å². The van der Waals surface area contributed by atoms with Crippen molar-refractivity contribution < 1.29 is 5.11 Å². The number of aliphatic hydroxyl groups excluding tert-OH is 1. The molecule has 0 aromatic carbocycles. The van der Waals surface area contributed by atoms with Crippen molar-refractivity contribution in [3.63, 3.8) is 0 Å². The van der Waals surface area contributed by atoms with Gasteiger partial charge < -0.3 is 5.11 Å². The lowest BCUT2D eigenvalue weighted by Crippen LogP contribution is -2.06. The molecule has 7 heavy (non-hydrogen) atoms. The zero-order valence-corrected chi connectivity index (χ0v) is 4.30. The van der Waals surface area contributed by atoms with E-state index in [0.717, 1.165) is 6.26 Å². The highest BCUT2D eigenvalue weighted by Crippen LogP contribution is 2.26. The van der Waals surface area contributed by atoms with E-state index in [2.05, 4.69) is 0 Å². The van der Waals surface area contributed by atoms with Crippen LogP contribution in [0.15, 0.2) is 12.3 Å². The normalized spacial score (nSPS) is 22.9. The molecule has 0 amide bonds. The van der Waals surface area contributed by atoms with Gasteiger partial charge in [0.2, 0.25) is 0 Å². The second kappa shape index (κ2) is 2.01. The van der Waals surface area contributed by atoms with Crippen LogP contribution in [0.3, 0.4) is 0 Å². The Kier molecular flexibility index (Phi) is 1.35. The van der Waals surface area contributed by atoms with Crippen molar-refractivity contribution in [2.24, 2.45) is 5.92 Å². The molecule has 0 radical (unpaired) electrons. The first-order chi connectivity index (χ1) is 3.43. The van der Waals surface area contributed by atoms with E-state index in [-0.39, 0.29) is 0 Å². The van der Waals surface area contributed by atoms with Gasteiger partial charge in [-0.15, -0.1) is 0 Å². The van der Waals surface area contributed by atoms with Crippen LogP contribution < -0.4 is 0 Å². The van der Waals surface area contributed by atoms with Gasteiger partial charge in [0.05, 0.1) is 6.26 Å². The first-order valence-corrected chi connectivity index (χ1v) is 2.74. The second-order valence-electron chi connectivity index (χ2n) is 2.03. The van der Waals surface area contributed by atoms with Crippen molar-refractivity contribution in [1.29, 1.82) is 0 Å². The molecule has 0 unspecified atom stereocenters. The Morgan fingerprint density at radius 1 is 1.43 bits per heavy atom. The Morgan fingerprint density at radius 2 is 2.14 bits per heavy atom. The van der Waals surface area contributed by atoms with Crippen LogP contribution in [0.1, 0.15) is 19.3 Å². The molecule has 1 heteroatoms. The van der Waals surface area contributed by atoms with Crippen LogP contribution >= 0.6 is 0 Å². The highest BCUT2D eigenvalue weighted by molar-refractivity contribution is 4.87. The average Bonchev–Trinajstić information content (AvgIpc) is 1.55. The molecular formula is C6H10O. The first-order valence-electron chi connectivity index (χ1n) is 2.74. The smallest absolute Gasteiger partial charge is 0.0754 e. The van der Waals surface area contributed by atoms with E-state index in [1.54, 1.807) is 0 Å². The predicted octanol–water partition coefficient (Wildman–Crippen LogP) is 1.86. The van der Waals surface area contributed by atoms with E-state index in [1.165, 1.54) is 19.3 Å². The summed E-state index contributed by atoms with van der Waals surface area (Å²) in [5.74, 6) is 0.699. The Bertz CT molecular complexity index is 72.2. The molecule has 1 fully saturated rings. The summed E-state index contributed by atoms with van der Waals surface area (Å²) in [5, 5.41) is 8.22. The van der Waals surface area contributed by atoms with Crippen LogP contribution in [0.25, 0.3) is 0 Å². The van der Waals surface area contributed by atoms with Crippen LogP contribution in [0, 0.1) is 5.92 Å². The van der Waals surface area contributed by atoms with Gasteiger partial charge in [-0.2, -0.15) is 0 Å². The lowest BCUT2D eigenvalue weighted by atomic mass is 9.86. The van der Waals surface area contributed by atoms with E-state index < -0.39 is 0 Å². The van der Waals surface area contributed by atoms with E-state index in [9.17, 15) is 0 Å². The van der Waals surface area contributed by atoms with Gasteiger partial charge in [-0.1, -0.05) is 6.42 Å². The Hall–Kier alpha value is -0.460. The van der Waals surface area contributed by atoms with Gasteiger partial charge in [0.25, 0.3) is 0 Å². The maximum Gasteiger partial charge on any atom is 0.0754 e. The van der Waals surface area contributed by atoms with E-state index in [0.29, 0.717) is 5.92 Å². The molecule has 0 aromatic heterocycles. The van der Waals surface area contributed by atoms with Gasteiger partial charge in [0.15, 0.2) is 0 Å². The number of hydrogen-bond donors (Lipinski definition) is 1. The fourth-order valence-electron chi connectivity index (χ4n) is 0.754. The van der Waals surface area contributed by atoms with Crippen molar-refractivity contribution in [3.8, 4) is 0 Å². The first kappa shape index (κ1) is 4.69. The summed E-state index contributed by atoms with van der Waals surface area (Å²) in [7, 11) is 0. The molecule has 0 heterocycles. The highest BCUT2D eigenvalue weighted by atomic mass is 16.2. The third kappa shape index (κ3) is 0.952. The van der Waals surface area contributed by atoms with Crippen LogP contribution in [-0.2, 0) is 0 Å². The maximum absolute atomic E-state index is 8.22. The van der Waals surface area contributed by atoms with Crippen molar-refractivity contribution in [2.75, 3.05) is 0 Å². The van der Waals surface area contributed by atoms with E-state index in [1.807, 2.05) is 6.08 Å². The monoisotopic (exact) mass is 98.1 g/mol. The van der Waals surface area contributed by atoms with Gasteiger partial charge in [-0.25, -0.2) is 0 Å². The molecule has 1 aliphatic carbocycles. The van der Waals surface area contributed by atoms with Gasteiger partial charge in [-0.3, -0.25) is 0 Å². The van der Waals surface area contributed by atoms with Crippen LogP contribution in [0.4, 0.5) is 0 Å². The lowest BCUT2D eigenvalue weighted by molar-refractivity contribution is 0.373. The average molecular weight is 98.1 g/mol. The number of allylic oxidation sites excluding steroid dienone is 1. The van der Waals surface area contributed by atoms with Crippen molar-refractivity contribution in [3.05, 3.63) is 12.3 Å². The summed E-state index contributed by atoms with van der Waals surface area (Å²) in [6, 6.07) is 0. The van der Waals surface area contributed by atoms with Gasteiger partial charge in [0, 0.05) is 0 Å². The predicted molar refractivity (Wildman–Crippen MR) is 29.1 cm³/mol. The summed E-state index contributed by atoms with van der Waals surface area (Å²) in [6.07, 6.45) is 6.91. The molecule has 1 saturated carbocycles. The summed E-state index contributed by atoms with van der Waals surface area (Å²) in [6.45, 7) is 0. The quantitative estimate of drug-likeness (QED) is 0.496. The fourth-order valence-corrected chi connectivity index (χ4v) is 0.754. The molecule has 40 valence electrons. The molecule has 0 aromatic rings. The van der Waals surface area contributed by atoms with Crippen molar-refractivity contribution >= 4 is 0 Å². The third-order valence-electron chi connectivity index (χ3n) is 1.51. The number of hydrogen-bond acceptors (Lipinski definition) is 1. The third-order valence-corrected chi connectivity index (χ3v) is 1.51. The highest BCUT2D eigenvalue weighted by Gasteiger charge is 2.12. The van der Waals surface area contributed by atoms with Gasteiger partial charge >= 0.3 is 0 Å². The number of aliphatic hydroxyl groups is 1. The largest absolute Gasteiger partial charge is 0.516 e. The Morgan fingerprint density at radius 3 is 2.29 bits per heavy atom.